The Kier molecular flexibility index (Phi) is 5.73. The van der Waals surface area contributed by atoms with Crippen LogP contribution in [-0.2, 0) is 9.53 Å². The van der Waals surface area contributed by atoms with E-state index >= 15 is 0 Å². The van der Waals surface area contributed by atoms with E-state index in [0.717, 1.165) is 5.56 Å². The van der Waals surface area contributed by atoms with Crippen molar-refractivity contribution < 1.29 is 24.2 Å². The second-order valence-corrected chi connectivity index (χ2v) is 5.38. The first-order valence-electron chi connectivity index (χ1n) is 7.54. The minimum atomic E-state index is -1.16. The molecular weight excluding hydrogens is 324 g/mol. The maximum absolute atomic E-state index is 12.0. The first-order chi connectivity index (χ1) is 11.9. The molecule has 0 aliphatic rings. The van der Waals surface area contributed by atoms with Crippen LogP contribution in [0, 0.1) is 6.92 Å². The Balaban J connectivity index is 1.89. The van der Waals surface area contributed by atoms with Gasteiger partial charge in [0.25, 0.3) is 11.8 Å². The molecule has 7 heteroatoms. The summed E-state index contributed by atoms with van der Waals surface area (Å²) < 4.78 is 4.99. The molecule has 0 fully saturated rings. The van der Waals surface area contributed by atoms with Crippen LogP contribution in [-0.4, -0.2) is 29.0 Å². The Hall–Kier alpha value is -3.35. The largest absolute Gasteiger partial charge is 0.507 e. The number of amides is 2. The molecule has 7 nitrogen and oxygen atoms in total. The number of ether oxygens (including phenoxy) is 1. The van der Waals surface area contributed by atoms with E-state index in [2.05, 4.69) is 10.9 Å². The van der Waals surface area contributed by atoms with Gasteiger partial charge in [-0.1, -0.05) is 24.3 Å². The second kappa shape index (κ2) is 7.96. The van der Waals surface area contributed by atoms with Gasteiger partial charge in [-0.05, 0) is 43.7 Å². The lowest BCUT2D eigenvalue weighted by molar-refractivity contribution is -0.129. The monoisotopic (exact) mass is 342 g/mol. The van der Waals surface area contributed by atoms with Crippen LogP contribution < -0.4 is 10.9 Å². The van der Waals surface area contributed by atoms with Crippen molar-refractivity contribution in [3.63, 3.8) is 0 Å². The number of hydrazine groups is 1. The predicted octanol–water partition coefficient (Wildman–Crippen LogP) is 1.71. The minimum Gasteiger partial charge on any atom is -0.507 e. The van der Waals surface area contributed by atoms with Gasteiger partial charge in [0.15, 0.2) is 6.10 Å². The van der Waals surface area contributed by atoms with Gasteiger partial charge in [-0.3, -0.25) is 20.4 Å². The molecule has 2 rings (SSSR count). The van der Waals surface area contributed by atoms with Gasteiger partial charge in [-0.2, -0.15) is 0 Å². The van der Waals surface area contributed by atoms with Crippen LogP contribution in [0.1, 0.15) is 33.2 Å². The number of rotatable bonds is 4. The number of esters is 1. The Morgan fingerprint density at radius 2 is 1.72 bits per heavy atom. The molecule has 0 bridgehead atoms. The van der Waals surface area contributed by atoms with Crippen LogP contribution >= 0.6 is 0 Å². The van der Waals surface area contributed by atoms with Crippen molar-refractivity contribution in [2.24, 2.45) is 0 Å². The zero-order chi connectivity index (χ0) is 18.4. The van der Waals surface area contributed by atoms with Crippen LogP contribution in [0.3, 0.4) is 0 Å². The maximum Gasteiger partial charge on any atom is 0.342 e. The average Bonchev–Trinajstić information content (AvgIpc) is 2.59. The van der Waals surface area contributed by atoms with Gasteiger partial charge in [-0.25, -0.2) is 4.79 Å². The van der Waals surface area contributed by atoms with Crippen molar-refractivity contribution in [1.82, 2.24) is 10.9 Å². The van der Waals surface area contributed by atoms with E-state index in [1.54, 1.807) is 43.3 Å². The molecular formula is C18H18N2O5. The van der Waals surface area contributed by atoms with E-state index < -0.39 is 23.9 Å². The lowest BCUT2D eigenvalue weighted by atomic mass is 10.1. The van der Waals surface area contributed by atoms with Crippen LogP contribution in [0.25, 0.3) is 0 Å². The van der Waals surface area contributed by atoms with Crippen molar-refractivity contribution >= 4 is 17.8 Å². The summed E-state index contributed by atoms with van der Waals surface area (Å²) in [5.74, 6) is -2.27. The number of carbonyl (C=O) groups excluding carboxylic acids is 3. The van der Waals surface area contributed by atoms with Crippen LogP contribution in [0.2, 0.25) is 0 Å². The highest BCUT2D eigenvalue weighted by molar-refractivity contribution is 5.97. The number of phenolic OH excluding ortho intramolecular Hbond substituents is 1. The van der Waals surface area contributed by atoms with Crippen LogP contribution in [0.5, 0.6) is 5.75 Å². The third kappa shape index (κ3) is 4.81. The van der Waals surface area contributed by atoms with Gasteiger partial charge in [-0.15, -0.1) is 0 Å². The molecule has 2 aromatic rings. The molecule has 3 N–H and O–H groups in total. The number of phenols is 1. The van der Waals surface area contributed by atoms with E-state index in [-0.39, 0.29) is 11.3 Å². The summed E-state index contributed by atoms with van der Waals surface area (Å²) in [6, 6.07) is 12.8. The Bertz CT molecular complexity index is 789. The van der Waals surface area contributed by atoms with E-state index in [1.807, 2.05) is 0 Å². The summed E-state index contributed by atoms with van der Waals surface area (Å²) in [5, 5.41) is 9.76. The Labute approximate surface area is 144 Å². The van der Waals surface area contributed by atoms with Crippen molar-refractivity contribution in [2.45, 2.75) is 20.0 Å². The van der Waals surface area contributed by atoms with Gasteiger partial charge in [0.1, 0.15) is 11.3 Å². The van der Waals surface area contributed by atoms with E-state index in [0.29, 0.717) is 5.56 Å². The normalized spacial score (nSPS) is 11.3. The molecule has 0 saturated heterocycles. The van der Waals surface area contributed by atoms with Crippen LogP contribution in [0.4, 0.5) is 0 Å². The van der Waals surface area contributed by atoms with E-state index in [1.165, 1.54) is 19.1 Å². The minimum absolute atomic E-state index is 0.0430. The molecule has 1 atom stereocenters. The van der Waals surface area contributed by atoms with Gasteiger partial charge >= 0.3 is 5.97 Å². The Morgan fingerprint density at radius 3 is 2.36 bits per heavy atom. The number of hydrogen-bond acceptors (Lipinski definition) is 5. The molecule has 0 saturated carbocycles. The van der Waals surface area contributed by atoms with Crippen LogP contribution in [0.15, 0.2) is 48.5 Å². The highest BCUT2D eigenvalue weighted by atomic mass is 16.5. The molecule has 0 spiro atoms. The molecule has 2 amide bonds. The van der Waals surface area contributed by atoms with E-state index in [9.17, 15) is 19.5 Å². The molecule has 0 aliphatic carbocycles. The summed E-state index contributed by atoms with van der Waals surface area (Å²) in [6.07, 6.45) is -1.16. The third-order valence-corrected chi connectivity index (χ3v) is 3.36. The number of aryl methyl sites for hydroxylation is 1. The highest BCUT2D eigenvalue weighted by Crippen LogP contribution is 2.19. The summed E-state index contributed by atoms with van der Waals surface area (Å²) in [7, 11) is 0. The first kappa shape index (κ1) is 18.0. The van der Waals surface area contributed by atoms with Crippen molar-refractivity contribution in [3.8, 4) is 5.75 Å². The summed E-state index contributed by atoms with van der Waals surface area (Å²) in [6.45, 7) is 3.12. The topological polar surface area (TPSA) is 105 Å². The number of hydrogen-bond donors (Lipinski definition) is 3. The first-order valence-corrected chi connectivity index (χ1v) is 7.54. The SMILES string of the molecule is Cc1ccc(C(=O)O[C@H](C)C(=O)NNC(=O)c2ccccc2)c(O)c1. The second-order valence-electron chi connectivity index (χ2n) is 5.38. The fourth-order valence-electron chi connectivity index (χ4n) is 1.97. The molecule has 0 radical (unpaired) electrons. The molecule has 0 aromatic heterocycles. The number of carbonyl (C=O) groups is 3. The fourth-order valence-corrected chi connectivity index (χ4v) is 1.97. The van der Waals surface area contributed by atoms with E-state index in [4.69, 9.17) is 4.74 Å². The van der Waals surface area contributed by atoms with Crippen molar-refractivity contribution in [1.29, 1.82) is 0 Å². The molecule has 2 aromatic carbocycles. The lowest BCUT2D eigenvalue weighted by Crippen LogP contribution is -2.46. The van der Waals surface area contributed by atoms with Crippen molar-refractivity contribution in [3.05, 3.63) is 65.2 Å². The molecule has 25 heavy (non-hydrogen) atoms. The lowest BCUT2D eigenvalue weighted by Gasteiger charge is -2.14. The van der Waals surface area contributed by atoms with Crippen molar-refractivity contribution in [2.75, 3.05) is 0 Å². The zero-order valence-electron chi connectivity index (χ0n) is 13.8. The third-order valence-electron chi connectivity index (χ3n) is 3.36. The Morgan fingerprint density at radius 1 is 1.04 bits per heavy atom. The molecule has 0 aliphatic heterocycles. The fraction of sp³-hybridized carbons (Fsp3) is 0.167. The quantitative estimate of drug-likeness (QED) is 0.579. The van der Waals surface area contributed by atoms with Gasteiger partial charge in [0.05, 0.1) is 0 Å². The van der Waals surface area contributed by atoms with Gasteiger partial charge < -0.3 is 9.84 Å². The standard InChI is InChI=1S/C18H18N2O5/c1-11-8-9-14(15(21)10-11)18(24)25-12(2)16(22)19-20-17(23)13-6-4-3-5-7-13/h3-10,12,21H,1-2H3,(H,19,22)(H,20,23)/t12-/m1/s1. The molecule has 0 unspecified atom stereocenters. The maximum atomic E-state index is 12.0. The molecule has 0 heterocycles. The average molecular weight is 342 g/mol. The number of aromatic hydroxyl groups is 1. The predicted molar refractivity (Wildman–Crippen MR) is 89.8 cm³/mol. The number of benzene rings is 2. The summed E-state index contributed by atoms with van der Waals surface area (Å²) in [5.41, 5.74) is 5.53. The summed E-state index contributed by atoms with van der Waals surface area (Å²) >= 11 is 0. The smallest absolute Gasteiger partial charge is 0.342 e. The highest BCUT2D eigenvalue weighted by Gasteiger charge is 2.21. The number of nitrogens with one attached hydrogen (secondary N) is 2. The van der Waals surface area contributed by atoms with Gasteiger partial charge in [0, 0.05) is 5.56 Å². The van der Waals surface area contributed by atoms with Gasteiger partial charge in [0.2, 0.25) is 0 Å². The zero-order valence-corrected chi connectivity index (χ0v) is 13.8. The molecule has 130 valence electrons. The summed E-state index contributed by atoms with van der Waals surface area (Å²) in [4.78, 5) is 35.7.